The fraction of sp³-hybridized carbons (Fsp3) is 0.526. The molecule has 2 aromatic rings. The quantitative estimate of drug-likeness (QED) is 0.625. The average molecular weight is 426 g/mol. The van der Waals surface area contributed by atoms with Gasteiger partial charge in [-0.1, -0.05) is 12.1 Å². The van der Waals surface area contributed by atoms with Gasteiger partial charge < -0.3 is 10.2 Å². The number of carbonyl (C=O) groups excluding carboxylic acids is 1. The lowest BCUT2D eigenvalue weighted by molar-refractivity contribution is -0.121. The van der Waals surface area contributed by atoms with Crippen LogP contribution in [0.3, 0.4) is 0 Å². The highest BCUT2D eigenvalue weighted by molar-refractivity contribution is 7.09. The monoisotopic (exact) mass is 425 g/mol. The molecule has 9 heteroatoms. The number of aromatic nitrogens is 2. The Labute approximate surface area is 173 Å². The number of alkyl halides is 1. The van der Waals surface area contributed by atoms with Crippen LogP contribution in [-0.2, 0) is 11.2 Å². The van der Waals surface area contributed by atoms with Crippen LogP contribution in [0.25, 0.3) is 0 Å². The van der Waals surface area contributed by atoms with Crippen LogP contribution in [0, 0.1) is 5.82 Å². The summed E-state index contributed by atoms with van der Waals surface area (Å²) in [5.41, 5.74) is 1.00. The van der Waals surface area contributed by atoms with Crippen LogP contribution in [0.2, 0.25) is 0 Å². The number of amides is 1. The Morgan fingerprint density at radius 1 is 1.21 bits per heavy atom. The van der Waals surface area contributed by atoms with E-state index in [-0.39, 0.29) is 11.7 Å². The zero-order chi connectivity index (χ0) is 19.8. The maximum absolute atomic E-state index is 13.0. The molecule has 1 aliphatic rings. The Kier molecular flexibility index (Phi) is 8.00. The third-order valence-corrected chi connectivity index (χ3v) is 5.75. The molecule has 6 nitrogen and oxygen atoms in total. The normalized spacial score (nSPS) is 15.0. The van der Waals surface area contributed by atoms with Crippen LogP contribution in [0.5, 0.6) is 0 Å². The molecule has 0 saturated carbocycles. The standard InChI is InChI=1S/C19H25ClFN5OS/c20-7-1-2-18(27)22-8-9-25-10-12-26(13-11-25)19-23-17(24-28-19)14-15-3-5-16(21)6-4-15/h3-6H,1-2,7-14H2,(H,22,27). The van der Waals surface area contributed by atoms with Crippen LogP contribution in [-0.4, -0.2) is 65.3 Å². The number of nitrogens with zero attached hydrogens (tertiary/aromatic N) is 4. The maximum Gasteiger partial charge on any atom is 0.220 e. The molecule has 0 unspecified atom stereocenters. The molecule has 2 heterocycles. The predicted octanol–water partition coefficient (Wildman–Crippen LogP) is 2.53. The minimum atomic E-state index is -0.233. The summed E-state index contributed by atoms with van der Waals surface area (Å²) >= 11 is 7.01. The zero-order valence-corrected chi connectivity index (χ0v) is 17.3. The van der Waals surface area contributed by atoms with Crippen molar-refractivity contribution in [1.29, 1.82) is 0 Å². The Hall–Kier alpha value is -1.77. The molecule has 1 fully saturated rings. The van der Waals surface area contributed by atoms with Gasteiger partial charge in [0.05, 0.1) is 0 Å². The van der Waals surface area contributed by atoms with Crippen LogP contribution >= 0.6 is 23.1 Å². The summed E-state index contributed by atoms with van der Waals surface area (Å²) in [6.45, 7) is 5.18. The van der Waals surface area contributed by atoms with E-state index < -0.39 is 0 Å². The second-order valence-electron chi connectivity index (χ2n) is 6.77. The molecule has 1 aromatic carbocycles. The highest BCUT2D eigenvalue weighted by Crippen LogP contribution is 2.20. The summed E-state index contributed by atoms with van der Waals surface area (Å²) < 4.78 is 17.5. The van der Waals surface area contributed by atoms with Gasteiger partial charge in [-0.05, 0) is 24.1 Å². The first-order valence-corrected chi connectivity index (χ1v) is 10.8. The molecule has 0 aliphatic carbocycles. The number of nitrogens with one attached hydrogen (secondary N) is 1. The number of piperazine rings is 1. The van der Waals surface area contributed by atoms with Crippen LogP contribution in [0.4, 0.5) is 9.52 Å². The van der Waals surface area contributed by atoms with E-state index in [0.29, 0.717) is 25.3 Å². The third kappa shape index (κ3) is 6.39. The second kappa shape index (κ2) is 10.7. The molecule has 1 aliphatic heterocycles. The predicted molar refractivity (Wildman–Crippen MR) is 111 cm³/mol. The largest absolute Gasteiger partial charge is 0.355 e. The topological polar surface area (TPSA) is 61.4 Å². The second-order valence-corrected chi connectivity index (χ2v) is 7.88. The lowest BCUT2D eigenvalue weighted by Crippen LogP contribution is -2.48. The fourth-order valence-electron chi connectivity index (χ4n) is 3.06. The number of halogens is 2. The van der Waals surface area contributed by atoms with Crippen molar-refractivity contribution in [2.24, 2.45) is 0 Å². The van der Waals surface area contributed by atoms with E-state index >= 15 is 0 Å². The molecule has 1 aromatic heterocycles. The van der Waals surface area contributed by atoms with Crippen LogP contribution < -0.4 is 10.2 Å². The van der Waals surface area contributed by atoms with E-state index in [1.54, 1.807) is 12.1 Å². The molecule has 1 N–H and O–H groups in total. The van der Waals surface area contributed by atoms with Crippen molar-refractivity contribution < 1.29 is 9.18 Å². The maximum atomic E-state index is 13.0. The van der Waals surface area contributed by atoms with Crippen molar-refractivity contribution in [3.63, 3.8) is 0 Å². The van der Waals surface area contributed by atoms with Gasteiger partial charge in [0.1, 0.15) is 11.6 Å². The van der Waals surface area contributed by atoms with Crippen molar-refractivity contribution in [2.45, 2.75) is 19.3 Å². The molecule has 28 heavy (non-hydrogen) atoms. The molecule has 3 rings (SSSR count). The summed E-state index contributed by atoms with van der Waals surface area (Å²) in [5, 5.41) is 3.88. The molecule has 0 bridgehead atoms. The fourth-order valence-corrected chi connectivity index (χ4v) is 3.93. The molecular formula is C19H25ClFN5OS. The van der Waals surface area contributed by atoms with E-state index in [2.05, 4.69) is 24.5 Å². The van der Waals surface area contributed by atoms with Gasteiger partial charge in [0.2, 0.25) is 11.0 Å². The first kappa shape index (κ1) is 21.0. The van der Waals surface area contributed by atoms with E-state index in [1.807, 2.05) is 0 Å². The van der Waals surface area contributed by atoms with Gasteiger partial charge in [-0.15, -0.1) is 11.6 Å². The van der Waals surface area contributed by atoms with Crippen molar-refractivity contribution >= 4 is 34.2 Å². The number of rotatable bonds is 9. The van der Waals surface area contributed by atoms with E-state index in [1.165, 1.54) is 23.7 Å². The van der Waals surface area contributed by atoms with Gasteiger partial charge in [-0.2, -0.15) is 4.37 Å². The summed E-state index contributed by atoms with van der Waals surface area (Å²) in [6, 6.07) is 6.46. The molecule has 1 saturated heterocycles. The molecule has 0 atom stereocenters. The molecular weight excluding hydrogens is 401 g/mol. The molecule has 1 amide bonds. The van der Waals surface area contributed by atoms with Crippen molar-refractivity contribution in [3.8, 4) is 0 Å². The zero-order valence-electron chi connectivity index (χ0n) is 15.7. The summed E-state index contributed by atoms with van der Waals surface area (Å²) in [4.78, 5) is 20.8. The Morgan fingerprint density at radius 2 is 1.96 bits per heavy atom. The first-order chi connectivity index (χ1) is 13.6. The Morgan fingerprint density at radius 3 is 2.68 bits per heavy atom. The van der Waals surface area contributed by atoms with E-state index in [4.69, 9.17) is 11.6 Å². The summed E-state index contributed by atoms with van der Waals surface area (Å²) in [5.74, 6) is 1.13. The number of hydrogen-bond acceptors (Lipinski definition) is 6. The molecule has 0 radical (unpaired) electrons. The van der Waals surface area contributed by atoms with Gasteiger partial charge in [0.25, 0.3) is 0 Å². The number of carbonyl (C=O) groups is 1. The lowest BCUT2D eigenvalue weighted by atomic mass is 10.1. The van der Waals surface area contributed by atoms with Gasteiger partial charge >= 0.3 is 0 Å². The van der Waals surface area contributed by atoms with Crippen LogP contribution in [0.15, 0.2) is 24.3 Å². The van der Waals surface area contributed by atoms with Crippen molar-refractivity contribution in [3.05, 3.63) is 41.5 Å². The van der Waals surface area contributed by atoms with E-state index in [0.717, 1.165) is 55.7 Å². The van der Waals surface area contributed by atoms with Gasteiger partial charge in [-0.3, -0.25) is 9.69 Å². The summed E-state index contributed by atoms with van der Waals surface area (Å²) in [7, 11) is 0. The molecule has 152 valence electrons. The smallest absolute Gasteiger partial charge is 0.220 e. The minimum Gasteiger partial charge on any atom is -0.355 e. The lowest BCUT2D eigenvalue weighted by Gasteiger charge is -2.34. The van der Waals surface area contributed by atoms with E-state index in [9.17, 15) is 9.18 Å². The SMILES string of the molecule is O=C(CCCCl)NCCN1CCN(c2nc(Cc3ccc(F)cc3)ns2)CC1. The van der Waals surface area contributed by atoms with Crippen molar-refractivity contribution in [1.82, 2.24) is 19.6 Å². The third-order valence-electron chi connectivity index (χ3n) is 4.66. The number of benzene rings is 1. The minimum absolute atomic E-state index is 0.0711. The van der Waals surface area contributed by atoms with Crippen molar-refractivity contribution in [2.75, 3.05) is 50.0 Å². The Bertz CT molecular complexity index is 749. The highest BCUT2D eigenvalue weighted by atomic mass is 35.5. The Balaban J connectivity index is 1.39. The van der Waals surface area contributed by atoms with Crippen LogP contribution in [0.1, 0.15) is 24.2 Å². The van der Waals surface area contributed by atoms with Gasteiger partial charge in [0, 0.05) is 69.5 Å². The first-order valence-electron chi connectivity index (χ1n) is 9.51. The highest BCUT2D eigenvalue weighted by Gasteiger charge is 2.20. The summed E-state index contributed by atoms with van der Waals surface area (Å²) in [6.07, 6.45) is 1.83. The molecule has 0 spiro atoms. The van der Waals surface area contributed by atoms with Gasteiger partial charge in [-0.25, -0.2) is 9.37 Å². The number of hydrogen-bond donors (Lipinski definition) is 1. The number of anilines is 1. The average Bonchev–Trinajstić information content (AvgIpc) is 3.17. The van der Waals surface area contributed by atoms with Gasteiger partial charge in [0.15, 0.2) is 0 Å².